The maximum absolute atomic E-state index is 5.99. The van der Waals surface area contributed by atoms with Crippen LogP contribution in [-0.4, -0.2) is 22.8 Å². The first-order chi connectivity index (χ1) is 10.1. The van der Waals surface area contributed by atoms with Crippen LogP contribution < -0.4 is 0 Å². The third kappa shape index (κ3) is 2.31. The Labute approximate surface area is 143 Å². The van der Waals surface area contributed by atoms with Crippen LogP contribution in [0.1, 0.15) is 24.1 Å². The Morgan fingerprint density at radius 2 is 1.67 bits per heavy atom. The topological polar surface area (TPSA) is 15.4 Å². The molecule has 4 atom stereocenters. The van der Waals surface area contributed by atoms with Gasteiger partial charge in [0.15, 0.2) is 0 Å². The number of hydrogen-bond donors (Lipinski definition) is 0. The van der Waals surface area contributed by atoms with Crippen LogP contribution in [0.25, 0.3) is 0 Å². The molecule has 2 aromatic carbocycles. The number of fused-ring (bicyclic) bond motifs is 1. The van der Waals surface area contributed by atoms with E-state index < -0.39 is 0 Å². The highest BCUT2D eigenvalue weighted by Crippen LogP contribution is 2.50. The highest BCUT2D eigenvalue weighted by Gasteiger charge is 2.57. The van der Waals surface area contributed by atoms with E-state index in [0.717, 1.165) is 5.02 Å². The normalized spacial score (nSPS) is 30.0. The Bertz CT molecular complexity index is 709. The predicted octanol–water partition coefficient (Wildman–Crippen LogP) is 4.52. The van der Waals surface area contributed by atoms with Crippen molar-refractivity contribution in [3.8, 4) is 0 Å². The number of halogens is 2. The van der Waals surface area contributed by atoms with E-state index in [2.05, 4.69) is 70.8 Å². The Kier molecular flexibility index (Phi) is 3.32. The Morgan fingerprint density at radius 3 is 2.33 bits per heavy atom. The van der Waals surface area contributed by atoms with Crippen molar-refractivity contribution in [2.24, 2.45) is 4.99 Å². The summed E-state index contributed by atoms with van der Waals surface area (Å²) >= 11 is 8.32. The minimum Gasteiger partial charge on any atom is -0.269 e. The van der Waals surface area contributed by atoms with Crippen molar-refractivity contribution in [2.45, 2.75) is 25.2 Å². The molecule has 0 saturated carbocycles. The molecule has 0 aromatic heterocycles. The summed E-state index contributed by atoms with van der Waals surface area (Å²) in [6.45, 7) is 2.17. The summed E-state index contributed by atoms with van der Waals surface area (Å²) in [6.07, 6.45) is 0.255. The zero-order valence-corrected chi connectivity index (χ0v) is 14.4. The smallest absolute Gasteiger partial charge is 0.101 e. The molecule has 1 saturated heterocycles. The van der Waals surface area contributed by atoms with Gasteiger partial charge in [0.1, 0.15) is 6.17 Å². The molecule has 4 heteroatoms. The van der Waals surface area contributed by atoms with Gasteiger partial charge in [-0.3, -0.25) is 9.89 Å². The lowest BCUT2D eigenvalue weighted by Crippen LogP contribution is -2.09. The van der Waals surface area contributed by atoms with Gasteiger partial charge in [0.2, 0.25) is 0 Å². The molecule has 0 aliphatic carbocycles. The van der Waals surface area contributed by atoms with Crippen LogP contribution in [0, 0.1) is 3.57 Å². The van der Waals surface area contributed by atoms with Gasteiger partial charge in [-0.2, -0.15) is 0 Å². The number of benzene rings is 2. The molecule has 0 N–H and O–H groups in total. The number of aliphatic imine (C=N–C) groups is 1. The van der Waals surface area contributed by atoms with Gasteiger partial charge in [0.25, 0.3) is 0 Å². The number of nitrogens with zero attached hydrogens (tertiary/aromatic N) is 2. The second-order valence-corrected chi connectivity index (χ2v) is 7.22. The lowest BCUT2D eigenvalue weighted by Gasteiger charge is -2.09. The summed E-state index contributed by atoms with van der Waals surface area (Å²) in [5, 5.41) is 0.791. The van der Waals surface area contributed by atoms with Crippen molar-refractivity contribution >= 4 is 39.9 Å². The molecule has 1 unspecified atom stereocenters. The van der Waals surface area contributed by atoms with Crippen molar-refractivity contribution in [2.75, 3.05) is 0 Å². The highest BCUT2D eigenvalue weighted by molar-refractivity contribution is 14.1. The maximum atomic E-state index is 5.99. The largest absolute Gasteiger partial charge is 0.269 e. The average Bonchev–Trinajstić information content (AvgIpc) is 3.13. The summed E-state index contributed by atoms with van der Waals surface area (Å²) in [5.74, 6) is 0. The van der Waals surface area contributed by atoms with E-state index >= 15 is 0 Å². The molecule has 0 radical (unpaired) electrons. The lowest BCUT2D eigenvalue weighted by molar-refractivity contribution is 0.419. The average molecular weight is 409 g/mol. The molecule has 0 spiro atoms. The fourth-order valence-corrected chi connectivity index (χ4v) is 3.71. The highest BCUT2D eigenvalue weighted by atomic mass is 127. The van der Waals surface area contributed by atoms with Crippen LogP contribution in [0.15, 0.2) is 53.5 Å². The molecule has 2 aromatic rings. The zero-order valence-electron chi connectivity index (χ0n) is 11.5. The second kappa shape index (κ2) is 5.07. The predicted molar refractivity (Wildman–Crippen MR) is 95.0 cm³/mol. The van der Waals surface area contributed by atoms with Crippen molar-refractivity contribution < 1.29 is 0 Å². The van der Waals surface area contributed by atoms with Crippen molar-refractivity contribution in [1.29, 1.82) is 0 Å². The van der Waals surface area contributed by atoms with Crippen LogP contribution in [0.4, 0.5) is 0 Å². The van der Waals surface area contributed by atoms with E-state index in [-0.39, 0.29) is 6.17 Å². The molecule has 21 heavy (non-hydrogen) atoms. The summed E-state index contributed by atoms with van der Waals surface area (Å²) < 4.78 is 1.25. The number of rotatable bonds is 2. The van der Waals surface area contributed by atoms with Crippen molar-refractivity contribution in [3.63, 3.8) is 0 Å². The SMILES string of the molecule is C[C@H]1N=C(c2ccc(I)cc2)[C@@H]2[C@@H](c3ccc(Cl)cc3)N21. The first-order valence-electron chi connectivity index (χ1n) is 7.02. The van der Waals surface area contributed by atoms with Gasteiger partial charge in [-0.05, 0) is 64.9 Å². The standard InChI is InChI=1S/C17H14ClIN2/c1-10-20-15(11-4-8-14(19)9-5-11)17-16(21(10)17)12-2-6-13(18)7-3-12/h2-10,16-17H,1H3/t10-,16+,17+,21?/m0/s1. The van der Waals surface area contributed by atoms with E-state index in [0.29, 0.717) is 12.1 Å². The molecule has 2 nitrogen and oxygen atoms in total. The monoisotopic (exact) mass is 408 g/mol. The van der Waals surface area contributed by atoms with E-state index in [9.17, 15) is 0 Å². The Balaban J connectivity index is 1.65. The molecule has 2 aliphatic heterocycles. The van der Waals surface area contributed by atoms with E-state index in [1.54, 1.807) is 0 Å². The van der Waals surface area contributed by atoms with Crippen molar-refractivity contribution in [1.82, 2.24) is 4.90 Å². The van der Waals surface area contributed by atoms with Gasteiger partial charge in [-0.25, -0.2) is 0 Å². The lowest BCUT2D eigenvalue weighted by atomic mass is 10.0. The molecule has 106 valence electrons. The first-order valence-corrected chi connectivity index (χ1v) is 8.47. The maximum Gasteiger partial charge on any atom is 0.101 e. The molecule has 2 aliphatic rings. The minimum absolute atomic E-state index is 0.255. The van der Waals surface area contributed by atoms with Crippen LogP contribution in [-0.2, 0) is 0 Å². The third-order valence-corrected chi connectivity index (χ3v) is 5.21. The van der Waals surface area contributed by atoms with Crippen LogP contribution >= 0.6 is 34.2 Å². The second-order valence-electron chi connectivity index (χ2n) is 5.54. The molecular formula is C17H14ClIN2. The van der Waals surface area contributed by atoms with Crippen LogP contribution in [0.5, 0.6) is 0 Å². The van der Waals surface area contributed by atoms with Crippen molar-refractivity contribution in [3.05, 3.63) is 68.3 Å². The molecule has 0 bridgehead atoms. The van der Waals surface area contributed by atoms with Gasteiger partial charge in [-0.1, -0.05) is 35.9 Å². The van der Waals surface area contributed by atoms with E-state index in [1.807, 2.05) is 12.1 Å². The first kappa shape index (κ1) is 13.7. The quantitative estimate of drug-likeness (QED) is 0.527. The summed E-state index contributed by atoms with van der Waals surface area (Å²) in [4.78, 5) is 7.28. The van der Waals surface area contributed by atoms with Crippen LogP contribution in [0.3, 0.4) is 0 Å². The van der Waals surface area contributed by atoms with Gasteiger partial charge in [0.05, 0.1) is 17.8 Å². The van der Waals surface area contributed by atoms with E-state index in [4.69, 9.17) is 16.6 Å². The Hall–Kier alpha value is -0.910. The third-order valence-electron chi connectivity index (χ3n) is 4.24. The molecule has 2 heterocycles. The summed E-state index contributed by atoms with van der Waals surface area (Å²) in [5.41, 5.74) is 3.79. The van der Waals surface area contributed by atoms with Gasteiger partial charge < -0.3 is 0 Å². The minimum atomic E-state index is 0.255. The number of hydrogen-bond acceptors (Lipinski definition) is 2. The fourth-order valence-electron chi connectivity index (χ4n) is 3.23. The van der Waals surface area contributed by atoms with Gasteiger partial charge >= 0.3 is 0 Å². The van der Waals surface area contributed by atoms with Gasteiger partial charge in [-0.15, -0.1) is 0 Å². The summed E-state index contributed by atoms with van der Waals surface area (Å²) in [7, 11) is 0. The molecule has 4 rings (SSSR count). The van der Waals surface area contributed by atoms with E-state index in [1.165, 1.54) is 20.4 Å². The summed E-state index contributed by atoms with van der Waals surface area (Å²) in [6, 6.07) is 17.7. The fraction of sp³-hybridized carbons (Fsp3) is 0.235. The van der Waals surface area contributed by atoms with Gasteiger partial charge in [0, 0.05) is 8.59 Å². The molecular weight excluding hydrogens is 395 g/mol. The van der Waals surface area contributed by atoms with Crippen LogP contribution in [0.2, 0.25) is 5.02 Å². The molecule has 0 amide bonds. The molecule has 1 fully saturated rings. The Morgan fingerprint density at radius 1 is 1.00 bits per heavy atom. The zero-order chi connectivity index (χ0) is 14.6.